The maximum atomic E-state index is 13.1. The SMILES string of the molecule is C=C(C)N(C)c1cnn(C(=O)N2CCC3(CCN(Cc4ccc(-c5cncnc5)cc4Cl)C3)C2)c1. The first-order chi connectivity index (χ1) is 16.8. The number of anilines is 1. The molecule has 3 aromatic rings. The third-order valence-electron chi connectivity index (χ3n) is 7.29. The third kappa shape index (κ3) is 4.81. The molecule has 182 valence electrons. The molecule has 2 aromatic heterocycles. The van der Waals surface area contributed by atoms with Gasteiger partial charge < -0.3 is 9.80 Å². The first-order valence-electron chi connectivity index (χ1n) is 11.8. The standard InChI is InChI=1S/C26H30ClN7O/c1-19(2)31(3)23-13-30-34(15-23)25(35)33-9-7-26(17-33)6-8-32(16-26)14-21-5-4-20(10-24(21)27)22-11-28-18-29-12-22/h4-5,10-13,15,18H,1,6-9,14,16-17H2,2-3H3. The summed E-state index contributed by atoms with van der Waals surface area (Å²) in [7, 11) is 1.92. The van der Waals surface area contributed by atoms with Crippen molar-refractivity contribution < 1.29 is 4.79 Å². The smallest absolute Gasteiger partial charge is 0.344 e. The molecule has 35 heavy (non-hydrogen) atoms. The number of amides is 1. The van der Waals surface area contributed by atoms with E-state index in [2.05, 4.69) is 38.7 Å². The number of halogens is 1. The Morgan fingerprint density at radius 1 is 1.14 bits per heavy atom. The first-order valence-corrected chi connectivity index (χ1v) is 12.2. The summed E-state index contributed by atoms with van der Waals surface area (Å²) >= 11 is 6.65. The highest BCUT2D eigenvalue weighted by Crippen LogP contribution is 2.40. The maximum Gasteiger partial charge on any atom is 0.344 e. The number of carbonyl (C=O) groups is 1. The molecular weight excluding hydrogens is 462 g/mol. The van der Waals surface area contributed by atoms with Gasteiger partial charge in [0, 0.05) is 67.3 Å². The van der Waals surface area contributed by atoms with Crippen LogP contribution >= 0.6 is 11.6 Å². The van der Waals surface area contributed by atoms with Crippen LogP contribution in [0.1, 0.15) is 25.3 Å². The topological polar surface area (TPSA) is 70.4 Å². The minimum atomic E-state index is -0.0646. The zero-order valence-corrected chi connectivity index (χ0v) is 20.9. The van der Waals surface area contributed by atoms with Crippen LogP contribution in [0, 0.1) is 5.41 Å². The predicted molar refractivity (Wildman–Crippen MR) is 137 cm³/mol. The van der Waals surface area contributed by atoms with Crippen molar-refractivity contribution in [1.29, 1.82) is 0 Å². The summed E-state index contributed by atoms with van der Waals surface area (Å²) in [4.78, 5) is 27.6. The zero-order valence-electron chi connectivity index (χ0n) is 20.2. The summed E-state index contributed by atoms with van der Waals surface area (Å²) in [5.74, 6) is 0. The molecule has 0 aliphatic carbocycles. The molecule has 0 radical (unpaired) electrons. The summed E-state index contributed by atoms with van der Waals surface area (Å²) in [6.07, 6.45) is 10.7. The largest absolute Gasteiger partial charge is 0.347 e. The number of benzene rings is 1. The third-order valence-corrected chi connectivity index (χ3v) is 7.64. The van der Waals surface area contributed by atoms with Crippen LogP contribution in [0.25, 0.3) is 11.1 Å². The number of hydrogen-bond donors (Lipinski definition) is 0. The Bertz CT molecular complexity index is 1240. The van der Waals surface area contributed by atoms with Gasteiger partial charge in [-0.3, -0.25) is 4.90 Å². The predicted octanol–water partition coefficient (Wildman–Crippen LogP) is 4.53. The molecule has 4 heterocycles. The highest BCUT2D eigenvalue weighted by molar-refractivity contribution is 6.31. The molecule has 0 N–H and O–H groups in total. The average Bonchev–Trinajstić information content (AvgIpc) is 3.61. The van der Waals surface area contributed by atoms with Gasteiger partial charge >= 0.3 is 6.03 Å². The van der Waals surface area contributed by atoms with Crippen molar-refractivity contribution in [3.8, 4) is 11.1 Å². The highest BCUT2D eigenvalue weighted by atomic mass is 35.5. The van der Waals surface area contributed by atoms with E-state index in [1.54, 1.807) is 24.8 Å². The lowest BCUT2D eigenvalue weighted by Crippen LogP contribution is -2.36. The Hall–Kier alpha value is -3.23. The molecular formula is C26H30ClN7O. The van der Waals surface area contributed by atoms with Crippen molar-refractivity contribution in [2.45, 2.75) is 26.3 Å². The molecule has 8 nitrogen and oxygen atoms in total. The van der Waals surface area contributed by atoms with E-state index in [1.165, 1.54) is 11.0 Å². The van der Waals surface area contributed by atoms with Crippen molar-refractivity contribution in [2.75, 3.05) is 38.1 Å². The molecule has 0 bridgehead atoms. The van der Waals surface area contributed by atoms with Gasteiger partial charge in [-0.15, -0.1) is 0 Å². The number of hydrogen-bond acceptors (Lipinski definition) is 6. The van der Waals surface area contributed by atoms with Crippen molar-refractivity contribution in [3.63, 3.8) is 0 Å². The Morgan fingerprint density at radius 3 is 2.66 bits per heavy atom. The number of nitrogens with zero attached hydrogens (tertiary/aromatic N) is 7. The second kappa shape index (κ2) is 9.43. The van der Waals surface area contributed by atoms with E-state index in [-0.39, 0.29) is 11.4 Å². The van der Waals surface area contributed by atoms with E-state index in [1.807, 2.05) is 29.8 Å². The van der Waals surface area contributed by atoms with Crippen LogP contribution in [0.5, 0.6) is 0 Å². The molecule has 2 aliphatic heterocycles. The molecule has 1 aromatic carbocycles. The van der Waals surface area contributed by atoms with E-state index in [4.69, 9.17) is 11.6 Å². The lowest BCUT2D eigenvalue weighted by atomic mass is 9.86. The van der Waals surface area contributed by atoms with Crippen LogP contribution in [0.15, 0.2) is 61.6 Å². The molecule has 2 saturated heterocycles. The van der Waals surface area contributed by atoms with Gasteiger partial charge in [0.25, 0.3) is 0 Å². The van der Waals surface area contributed by atoms with Crippen LogP contribution < -0.4 is 4.90 Å². The first kappa shape index (κ1) is 23.5. The number of allylic oxidation sites excluding steroid dienone is 1. The Kier molecular flexibility index (Phi) is 6.34. The van der Waals surface area contributed by atoms with Crippen molar-refractivity contribution >= 4 is 23.3 Å². The molecule has 1 unspecified atom stereocenters. The number of aromatic nitrogens is 4. The summed E-state index contributed by atoms with van der Waals surface area (Å²) in [6.45, 7) is 10.2. The second-order valence-electron chi connectivity index (χ2n) is 9.79. The van der Waals surface area contributed by atoms with E-state index in [9.17, 15) is 4.79 Å². The van der Waals surface area contributed by atoms with Gasteiger partial charge in [0.1, 0.15) is 6.33 Å². The lowest BCUT2D eigenvalue weighted by molar-refractivity contribution is 0.196. The average molecular weight is 492 g/mol. The molecule has 0 saturated carbocycles. The number of rotatable bonds is 5. The highest BCUT2D eigenvalue weighted by Gasteiger charge is 2.45. The quantitative estimate of drug-likeness (QED) is 0.522. The normalized spacial score (nSPS) is 20.0. The van der Waals surface area contributed by atoms with Gasteiger partial charge in [-0.1, -0.05) is 30.3 Å². The summed E-state index contributed by atoms with van der Waals surface area (Å²) < 4.78 is 1.44. The summed E-state index contributed by atoms with van der Waals surface area (Å²) in [5, 5.41) is 5.05. The van der Waals surface area contributed by atoms with Crippen molar-refractivity contribution in [3.05, 3.63) is 72.2 Å². The molecule has 1 amide bonds. The second-order valence-corrected chi connectivity index (χ2v) is 10.2. The van der Waals surface area contributed by atoms with E-state index >= 15 is 0 Å². The van der Waals surface area contributed by atoms with Gasteiger partial charge in [-0.25, -0.2) is 14.8 Å². The van der Waals surface area contributed by atoms with Crippen molar-refractivity contribution in [1.82, 2.24) is 29.5 Å². The maximum absolute atomic E-state index is 13.1. The minimum Gasteiger partial charge on any atom is -0.347 e. The molecule has 2 fully saturated rings. The van der Waals surface area contributed by atoms with Crippen LogP contribution in [0.2, 0.25) is 5.02 Å². The van der Waals surface area contributed by atoms with E-state index < -0.39 is 0 Å². The minimum absolute atomic E-state index is 0.0646. The van der Waals surface area contributed by atoms with E-state index in [0.717, 1.165) is 78.7 Å². The summed E-state index contributed by atoms with van der Waals surface area (Å²) in [5.41, 5.74) is 4.96. The lowest BCUT2D eigenvalue weighted by Gasteiger charge is -2.25. The van der Waals surface area contributed by atoms with Gasteiger partial charge in [0.15, 0.2) is 0 Å². The van der Waals surface area contributed by atoms with E-state index in [0.29, 0.717) is 0 Å². The van der Waals surface area contributed by atoms with Gasteiger partial charge in [-0.2, -0.15) is 9.78 Å². The molecule has 5 rings (SSSR count). The fourth-order valence-corrected chi connectivity index (χ4v) is 5.34. The van der Waals surface area contributed by atoms with Gasteiger partial charge in [-0.05, 0) is 43.5 Å². The molecule has 9 heteroatoms. The Labute approximate surface area is 210 Å². The monoisotopic (exact) mass is 491 g/mol. The van der Waals surface area contributed by atoms with Crippen LogP contribution in [0.4, 0.5) is 10.5 Å². The summed E-state index contributed by atoms with van der Waals surface area (Å²) in [6, 6.07) is 6.09. The van der Waals surface area contributed by atoms with Crippen LogP contribution in [-0.4, -0.2) is 68.8 Å². The zero-order chi connectivity index (χ0) is 24.6. The number of likely N-dealkylation sites (tertiary alicyclic amines) is 2. The van der Waals surface area contributed by atoms with Gasteiger partial charge in [0.05, 0.1) is 18.1 Å². The molecule has 1 spiro atoms. The van der Waals surface area contributed by atoms with Crippen molar-refractivity contribution in [2.24, 2.45) is 5.41 Å². The Balaban J connectivity index is 1.21. The molecule has 2 aliphatic rings. The molecule has 1 atom stereocenters. The fraction of sp³-hybridized carbons (Fsp3) is 0.385. The van der Waals surface area contributed by atoms with Crippen LogP contribution in [-0.2, 0) is 6.54 Å². The fourth-order valence-electron chi connectivity index (χ4n) is 5.09. The van der Waals surface area contributed by atoms with Gasteiger partial charge in [0.2, 0.25) is 0 Å². The Morgan fingerprint density at radius 2 is 1.91 bits per heavy atom. The number of carbonyl (C=O) groups excluding carboxylic acids is 1. The van der Waals surface area contributed by atoms with Crippen LogP contribution in [0.3, 0.4) is 0 Å².